The summed E-state index contributed by atoms with van der Waals surface area (Å²) in [5.41, 5.74) is 0.531. The van der Waals surface area contributed by atoms with Crippen LogP contribution in [0.1, 0.15) is 30.1 Å². The highest BCUT2D eigenvalue weighted by molar-refractivity contribution is 5.98. The number of hydrogen-bond donors (Lipinski definition) is 2. The highest BCUT2D eigenvalue weighted by atomic mass is 16.4. The summed E-state index contributed by atoms with van der Waals surface area (Å²) in [6, 6.07) is 7.20. The number of rotatable bonds is 4. The molecule has 112 valence electrons. The van der Waals surface area contributed by atoms with Crippen molar-refractivity contribution in [1.29, 1.82) is 0 Å². The Morgan fingerprint density at radius 1 is 1.29 bits per heavy atom. The highest BCUT2D eigenvalue weighted by Crippen LogP contribution is 2.20. The predicted molar refractivity (Wildman–Crippen MR) is 75.7 cm³/mol. The van der Waals surface area contributed by atoms with Crippen LogP contribution in [0.4, 0.5) is 0 Å². The summed E-state index contributed by atoms with van der Waals surface area (Å²) >= 11 is 0. The van der Waals surface area contributed by atoms with Crippen LogP contribution in [0.3, 0.4) is 0 Å². The first-order valence-corrected chi connectivity index (χ1v) is 6.90. The Labute approximate surface area is 122 Å². The van der Waals surface area contributed by atoms with E-state index < -0.39 is 24.0 Å². The zero-order chi connectivity index (χ0) is 15.4. The molecule has 2 amide bonds. The minimum absolute atomic E-state index is 0.198. The SMILES string of the molecule is CC(NC(=O)C1CCCN1C(=O)c1ccccc1)C(=O)O. The van der Waals surface area contributed by atoms with E-state index in [4.69, 9.17) is 5.11 Å². The van der Waals surface area contributed by atoms with Gasteiger partial charge in [-0.1, -0.05) is 18.2 Å². The summed E-state index contributed by atoms with van der Waals surface area (Å²) in [6.07, 6.45) is 1.29. The second kappa shape index (κ2) is 6.39. The molecule has 1 fully saturated rings. The Hall–Kier alpha value is -2.37. The molecule has 1 saturated heterocycles. The largest absolute Gasteiger partial charge is 0.480 e. The topological polar surface area (TPSA) is 86.7 Å². The number of carbonyl (C=O) groups excluding carboxylic acids is 2. The molecular weight excluding hydrogens is 272 g/mol. The van der Waals surface area contributed by atoms with Crippen molar-refractivity contribution in [3.63, 3.8) is 0 Å². The fourth-order valence-corrected chi connectivity index (χ4v) is 2.40. The first-order valence-electron chi connectivity index (χ1n) is 6.90. The maximum absolute atomic E-state index is 12.4. The zero-order valence-electron chi connectivity index (χ0n) is 11.8. The van der Waals surface area contributed by atoms with Gasteiger partial charge in [-0.15, -0.1) is 0 Å². The normalized spacial score (nSPS) is 19.1. The number of likely N-dealkylation sites (tertiary alicyclic amines) is 1. The Morgan fingerprint density at radius 3 is 2.57 bits per heavy atom. The average Bonchev–Trinajstić information content (AvgIpc) is 2.96. The number of nitrogens with zero attached hydrogens (tertiary/aromatic N) is 1. The molecule has 0 bridgehead atoms. The van der Waals surface area contributed by atoms with Crippen molar-refractivity contribution in [2.75, 3.05) is 6.54 Å². The molecule has 1 aliphatic heterocycles. The first-order chi connectivity index (χ1) is 10.0. The third-order valence-corrected chi connectivity index (χ3v) is 3.57. The van der Waals surface area contributed by atoms with Gasteiger partial charge in [-0.25, -0.2) is 0 Å². The third-order valence-electron chi connectivity index (χ3n) is 3.57. The van der Waals surface area contributed by atoms with Gasteiger partial charge in [0.1, 0.15) is 12.1 Å². The van der Waals surface area contributed by atoms with Crippen LogP contribution in [0.2, 0.25) is 0 Å². The van der Waals surface area contributed by atoms with Gasteiger partial charge in [0.05, 0.1) is 0 Å². The maximum Gasteiger partial charge on any atom is 0.325 e. The van der Waals surface area contributed by atoms with E-state index in [1.165, 1.54) is 11.8 Å². The van der Waals surface area contributed by atoms with Gasteiger partial charge in [-0.05, 0) is 31.9 Å². The van der Waals surface area contributed by atoms with Crippen molar-refractivity contribution in [2.45, 2.75) is 31.8 Å². The quantitative estimate of drug-likeness (QED) is 0.862. The van der Waals surface area contributed by atoms with Crippen LogP contribution in [-0.2, 0) is 9.59 Å². The summed E-state index contributed by atoms with van der Waals surface area (Å²) in [5.74, 6) is -1.70. The molecule has 2 atom stereocenters. The molecule has 0 aromatic heterocycles. The van der Waals surface area contributed by atoms with Gasteiger partial charge in [-0.2, -0.15) is 0 Å². The summed E-state index contributed by atoms with van der Waals surface area (Å²) in [6.45, 7) is 1.91. The van der Waals surface area contributed by atoms with Crippen LogP contribution in [0.25, 0.3) is 0 Å². The van der Waals surface area contributed by atoms with Gasteiger partial charge in [0.2, 0.25) is 5.91 Å². The van der Waals surface area contributed by atoms with Crippen LogP contribution >= 0.6 is 0 Å². The van der Waals surface area contributed by atoms with E-state index in [-0.39, 0.29) is 5.91 Å². The monoisotopic (exact) mass is 290 g/mol. The summed E-state index contributed by atoms with van der Waals surface area (Å²) in [4.78, 5) is 36.9. The molecular formula is C15H18N2O4. The van der Waals surface area contributed by atoms with Crippen molar-refractivity contribution in [1.82, 2.24) is 10.2 Å². The molecule has 2 N–H and O–H groups in total. The average molecular weight is 290 g/mol. The molecule has 2 unspecified atom stereocenters. The van der Waals surface area contributed by atoms with E-state index >= 15 is 0 Å². The van der Waals surface area contributed by atoms with Gasteiger partial charge >= 0.3 is 5.97 Å². The fraction of sp³-hybridized carbons (Fsp3) is 0.400. The predicted octanol–water partition coefficient (Wildman–Crippen LogP) is 0.880. The summed E-state index contributed by atoms with van der Waals surface area (Å²) in [7, 11) is 0. The van der Waals surface area contributed by atoms with Gasteiger partial charge < -0.3 is 15.3 Å². The number of carboxylic acid groups (broad SMARTS) is 1. The van der Waals surface area contributed by atoms with Gasteiger partial charge in [0.25, 0.3) is 5.91 Å². The summed E-state index contributed by atoms with van der Waals surface area (Å²) in [5, 5.41) is 11.3. The summed E-state index contributed by atoms with van der Waals surface area (Å²) < 4.78 is 0. The van der Waals surface area contributed by atoms with Crippen molar-refractivity contribution >= 4 is 17.8 Å². The third kappa shape index (κ3) is 3.39. The second-order valence-corrected chi connectivity index (χ2v) is 5.09. The standard InChI is InChI=1S/C15H18N2O4/c1-10(15(20)21)16-13(18)12-8-5-9-17(12)14(19)11-6-3-2-4-7-11/h2-4,6-7,10,12H,5,8-9H2,1H3,(H,16,18)(H,20,21). The fourth-order valence-electron chi connectivity index (χ4n) is 2.40. The molecule has 21 heavy (non-hydrogen) atoms. The van der Waals surface area contributed by atoms with Gasteiger partial charge in [0, 0.05) is 12.1 Å². The first kappa shape index (κ1) is 15.0. The van der Waals surface area contributed by atoms with E-state index in [2.05, 4.69) is 5.32 Å². The molecule has 0 saturated carbocycles. The lowest BCUT2D eigenvalue weighted by Gasteiger charge is -2.24. The smallest absolute Gasteiger partial charge is 0.325 e. The van der Waals surface area contributed by atoms with Gasteiger partial charge in [-0.3, -0.25) is 14.4 Å². The van der Waals surface area contributed by atoms with Crippen LogP contribution in [0, 0.1) is 0 Å². The van der Waals surface area contributed by atoms with Crippen LogP contribution in [0.5, 0.6) is 0 Å². The minimum atomic E-state index is -1.10. The number of nitrogens with one attached hydrogen (secondary N) is 1. The van der Waals surface area contributed by atoms with Crippen molar-refractivity contribution < 1.29 is 19.5 Å². The van der Waals surface area contributed by atoms with Crippen LogP contribution in [0.15, 0.2) is 30.3 Å². The lowest BCUT2D eigenvalue weighted by atomic mass is 10.1. The van der Waals surface area contributed by atoms with Gasteiger partial charge in [0.15, 0.2) is 0 Å². The number of carboxylic acids is 1. The minimum Gasteiger partial charge on any atom is -0.480 e. The van der Waals surface area contributed by atoms with E-state index in [9.17, 15) is 14.4 Å². The molecule has 6 nitrogen and oxygen atoms in total. The van der Waals surface area contributed by atoms with Crippen LogP contribution < -0.4 is 5.32 Å². The molecule has 0 spiro atoms. The Balaban J connectivity index is 2.08. The molecule has 1 aliphatic rings. The Morgan fingerprint density at radius 2 is 1.95 bits per heavy atom. The van der Waals surface area contributed by atoms with E-state index in [0.29, 0.717) is 18.5 Å². The van der Waals surface area contributed by atoms with Crippen molar-refractivity contribution in [2.24, 2.45) is 0 Å². The molecule has 1 heterocycles. The lowest BCUT2D eigenvalue weighted by Crippen LogP contribution is -2.50. The zero-order valence-corrected chi connectivity index (χ0v) is 11.8. The van der Waals surface area contributed by atoms with E-state index in [0.717, 1.165) is 6.42 Å². The molecule has 1 aromatic rings. The second-order valence-electron chi connectivity index (χ2n) is 5.09. The Kier molecular flexibility index (Phi) is 4.57. The molecule has 0 radical (unpaired) electrons. The number of benzene rings is 1. The van der Waals surface area contributed by atoms with E-state index in [1.807, 2.05) is 6.07 Å². The number of aliphatic carboxylic acids is 1. The van der Waals surface area contributed by atoms with E-state index in [1.54, 1.807) is 24.3 Å². The number of carbonyl (C=O) groups is 3. The molecule has 6 heteroatoms. The molecule has 2 rings (SSSR count). The maximum atomic E-state index is 12.4. The lowest BCUT2D eigenvalue weighted by molar-refractivity contribution is -0.141. The van der Waals surface area contributed by atoms with Crippen molar-refractivity contribution in [3.05, 3.63) is 35.9 Å². The highest BCUT2D eigenvalue weighted by Gasteiger charge is 2.35. The van der Waals surface area contributed by atoms with Crippen molar-refractivity contribution in [3.8, 4) is 0 Å². The van der Waals surface area contributed by atoms with Crippen LogP contribution in [-0.4, -0.2) is 46.4 Å². The molecule has 1 aromatic carbocycles. The molecule has 0 aliphatic carbocycles. The number of amides is 2. The Bertz CT molecular complexity index is 544. The number of hydrogen-bond acceptors (Lipinski definition) is 3.